The summed E-state index contributed by atoms with van der Waals surface area (Å²) < 4.78 is 1.80. The number of carbonyl (C=O) groups is 1. The Labute approximate surface area is 109 Å². The molecule has 94 valence electrons. The fourth-order valence-electron chi connectivity index (χ4n) is 1.57. The van der Waals surface area contributed by atoms with Gasteiger partial charge in [0.25, 0.3) is 5.91 Å². The molecule has 1 atom stereocenters. The largest absolute Gasteiger partial charge is 0.327 e. The minimum absolute atomic E-state index is 0.281. The van der Waals surface area contributed by atoms with Crippen molar-refractivity contribution in [1.29, 1.82) is 0 Å². The molecule has 2 N–H and O–H groups in total. The fraction of sp³-hybridized carbons (Fsp3) is 0.231. The Bertz CT molecular complexity index is 586. The zero-order valence-corrected chi connectivity index (χ0v) is 10.9. The zero-order valence-electron chi connectivity index (χ0n) is 10.1. The Balaban J connectivity index is 2.09. The van der Waals surface area contributed by atoms with E-state index in [-0.39, 0.29) is 5.91 Å². The molecule has 0 saturated heterocycles. The molecule has 18 heavy (non-hydrogen) atoms. The number of nitrogens with zero attached hydrogens (tertiary/aromatic N) is 2. The molecular formula is C13H15N3OS. The van der Waals surface area contributed by atoms with Crippen LogP contribution in [0.1, 0.15) is 5.56 Å². The highest BCUT2D eigenvalue weighted by molar-refractivity contribution is 7.07. The van der Waals surface area contributed by atoms with E-state index in [1.165, 1.54) is 11.3 Å². The highest BCUT2D eigenvalue weighted by Crippen LogP contribution is 2.02. The monoisotopic (exact) mass is 261 g/mol. The summed E-state index contributed by atoms with van der Waals surface area (Å²) in [6, 6.07) is 9.13. The average Bonchev–Trinajstić information content (AvgIpc) is 2.76. The maximum absolute atomic E-state index is 11.9. The van der Waals surface area contributed by atoms with E-state index in [4.69, 9.17) is 5.73 Å². The lowest BCUT2D eigenvalue weighted by Crippen LogP contribution is -2.33. The van der Waals surface area contributed by atoms with E-state index in [1.54, 1.807) is 4.57 Å². The van der Waals surface area contributed by atoms with Crippen molar-refractivity contribution in [2.24, 2.45) is 17.8 Å². The number of hydrogen-bond donors (Lipinski definition) is 1. The van der Waals surface area contributed by atoms with Crippen molar-refractivity contribution in [3.8, 4) is 0 Å². The van der Waals surface area contributed by atoms with Crippen LogP contribution in [0.2, 0.25) is 0 Å². The minimum atomic E-state index is -0.588. The lowest BCUT2D eigenvalue weighted by atomic mass is 10.1. The van der Waals surface area contributed by atoms with Crippen molar-refractivity contribution in [2.75, 3.05) is 0 Å². The number of benzene rings is 1. The van der Waals surface area contributed by atoms with Crippen LogP contribution in [0.25, 0.3) is 0 Å². The molecule has 0 bridgehead atoms. The van der Waals surface area contributed by atoms with Gasteiger partial charge in [0, 0.05) is 18.6 Å². The summed E-state index contributed by atoms with van der Waals surface area (Å²) in [5, 5.41) is 1.88. The van der Waals surface area contributed by atoms with Crippen molar-refractivity contribution in [3.63, 3.8) is 0 Å². The van der Waals surface area contributed by atoms with Crippen LogP contribution in [0.15, 0.2) is 46.9 Å². The Morgan fingerprint density at radius 3 is 2.78 bits per heavy atom. The predicted octanol–water partition coefficient (Wildman–Crippen LogP) is 1.08. The molecule has 0 fully saturated rings. The molecular weight excluding hydrogens is 246 g/mol. The van der Waals surface area contributed by atoms with Crippen molar-refractivity contribution in [3.05, 3.63) is 52.3 Å². The molecule has 1 amide bonds. The van der Waals surface area contributed by atoms with Crippen LogP contribution in [-0.2, 0) is 18.3 Å². The Kier molecular flexibility index (Phi) is 4.07. The second-order valence-electron chi connectivity index (χ2n) is 4.04. The van der Waals surface area contributed by atoms with E-state index in [2.05, 4.69) is 4.99 Å². The summed E-state index contributed by atoms with van der Waals surface area (Å²) in [7, 11) is 1.85. The second kappa shape index (κ2) is 5.75. The number of nitrogens with two attached hydrogens (primary N) is 1. The van der Waals surface area contributed by atoms with Gasteiger partial charge in [-0.2, -0.15) is 4.99 Å². The van der Waals surface area contributed by atoms with Crippen molar-refractivity contribution in [1.82, 2.24) is 4.57 Å². The number of hydrogen-bond acceptors (Lipinski definition) is 3. The maximum atomic E-state index is 11.9. The van der Waals surface area contributed by atoms with Crippen LogP contribution in [0, 0.1) is 0 Å². The van der Waals surface area contributed by atoms with Crippen LogP contribution in [0.3, 0.4) is 0 Å². The molecule has 0 radical (unpaired) electrons. The van der Waals surface area contributed by atoms with E-state index in [0.717, 1.165) is 5.56 Å². The van der Waals surface area contributed by atoms with Gasteiger partial charge in [-0.25, -0.2) is 0 Å². The molecule has 2 aromatic rings. The Morgan fingerprint density at radius 2 is 2.17 bits per heavy atom. The molecule has 1 unspecified atom stereocenters. The van der Waals surface area contributed by atoms with Crippen molar-refractivity contribution in [2.45, 2.75) is 12.5 Å². The predicted molar refractivity (Wildman–Crippen MR) is 72.0 cm³/mol. The molecule has 0 spiro atoms. The first-order chi connectivity index (χ1) is 8.66. The maximum Gasteiger partial charge on any atom is 0.265 e. The van der Waals surface area contributed by atoms with Gasteiger partial charge in [-0.3, -0.25) is 4.79 Å². The number of carbonyl (C=O) groups excluding carboxylic acids is 1. The third-order valence-electron chi connectivity index (χ3n) is 2.58. The molecule has 2 rings (SSSR count). The van der Waals surface area contributed by atoms with Gasteiger partial charge >= 0.3 is 0 Å². The summed E-state index contributed by atoms with van der Waals surface area (Å²) in [4.78, 5) is 16.6. The van der Waals surface area contributed by atoms with Gasteiger partial charge < -0.3 is 10.3 Å². The highest BCUT2D eigenvalue weighted by atomic mass is 32.1. The van der Waals surface area contributed by atoms with E-state index in [1.807, 2.05) is 49.0 Å². The van der Waals surface area contributed by atoms with Crippen molar-refractivity contribution < 1.29 is 4.79 Å². The van der Waals surface area contributed by atoms with E-state index < -0.39 is 6.04 Å². The van der Waals surface area contributed by atoms with Crippen LogP contribution in [0.4, 0.5) is 0 Å². The molecule has 1 aromatic carbocycles. The van der Waals surface area contributed by atoms with Gasteiger partial charge in [-0.05, 0) is 12.0 Å². The first-order valence-electron chi connectivity index (χ1n) is 5.65. The molecule has 1 aromatic heterocycles. The second-order valence-corrected chi connectivity index (χ2v) is 4.92. The highest BCUT2D eigenvalue weighted by Gasteiger charge is 2.13. The summed E-state index contributed by atoms with van der Waals surface area (Å²) in [6.07, 6.45) is 2.37. The summed E-state index contributed by atoms with van der Waals surface area (Å²) >= 11 is 1.42. The molecule has 5 heteroatoms. The summed E-state index contributed by atoms with van der Waals surface area (Å²) in [6.45, 7) is 0. The Hall–Kier alpha value is -1.72. The first kappa shape index (κ1) is 12.7. The van der Waals surface area contributed by atoms with E-state index in [0.29, 0.717) is 11.2 Å². The molecule has 4 nitrogen and oxygen atoms in total. The Morgan fingerprint density at radius 1 is 1.44 bits per heavy atom. The minimum Gasteiger partial charge on any atom is -0.327 e. The van der Waals surface area contributed by atoms with E-state index in [9.17, 15) is 4.79 Å². The van der Waals surface area contributed by atoms with Gasteiger partial charge in [0.2, 0.25) is 0 Å². The SMILES string of the molecule is Cn1ccsc1=NC(=O)C(N)Cc1ccccc1. The molecule has 0 aliphatic heterocycles. The number of aryl methyl sites for hydroxylation is 1. The number of amides is 1. The van der Waals surface area contributed by atoms with Crippen LogP contribution < -0.4 is 10.5 Å². The van der Waals surface area contributed by atoms with Gasteiger partial charge in [0.05, 0.1) is 6.04 Å². The number of thiazole rings is 1. The summed E-state index contributed by atoms with van der Waals surface area (Å²) in [5.74, 6) is -0.281. The quantitative estimate of drug-likeness (QED) is 0.899. The molecule has 0 aliphatic carbocycles. The van der Waals surface area contributed by atoms with E-state index >= 15 is 0 Å². The van der Waals surface area contributed by atoms with Crippen LogP contribution in [0.5, 0.6) is 0 Å². The van der Waals surface area contributed by atoms with Gasteiger partial charge in [-0.15, -0.1) is 11.3 Å². The van der Waals surface area contributed by atoms with Gasteiger partial charge in [0.15, 0.2) is 4.80 Å². The lowest BCUT2D eigenvalue weighted by molar-refractivity contribution is -0.119. The molecule has 0 saturated carbocycles. The summed E-state index contributed by atoms with van der Waals surface area (Å²) in [5.41, 5.74) is 6.91. The first-order valence-corrected chi connectivity index (χ1v) is 6.53. The topological polar surface area (TPSA) is 60.4 Å². The van der Waals surface area contributed by atoms with Crippen LogP contribution >= 0.6 is 11.3 Å². The normalized spacial score (nSPS) is 13.6. The van der Waals surface area contributed by atoms with Crippen molar-refractivity contribution >= 4 is 17.2 Å². The smallest absolute Gasteiger partial charge is 0.265 e. The average molecular weight is 261 g/mol. The molecule has 1 heterocycles. The van der Waals surface area contributed by atoms with Crippen LogP contribution in [-0.4, -0.2) is 16.5 Å². The zero-order chi connectivity index (χ0) is 13.0. The lowest BCUT2D eigenvalue weighted by Gasteiger charge is -2.06. The standard InChI is InChI=1S/C13H15N3OS/c1-16-7-8-18-13(16)15-12(17)11(14)9-10-5-3-2-4-6-10/h2-8,11H,9,14H2,1H3. The third kappa shape index (κ3) is 3.15. The molecule has 0 aliphatic rings. The fourth-order valence-corrected chi connectivity index (χ4v) is 2.30. The number of rotatable bonds is 3. The third-order valence-corrected chi connectivity index (χ3v) is 3.43. The van der Waals surface area contributed by atoms with Gasteiger partial charge in [0.1, 0.15) is 0 Å². The van der Waals surface area contributed by atoms with Gasteiger partial charge in [-0.1, -0.05) is 30.3 Å². The number of aromatic nitrogens is 1.